The number of carbonyl (C=O) groups excluding carboxylic acids is 1. The maximum Gasteiger partial charge on any atom is 0.196 e. The molecular formula is C12H10FNOS. The minimum Gasteiger partial charge on any atom is -0.398 e. The molecule has 2 nitrogen and oxygen atoms in total. The number of nitrogen functional groups attached to an aromatic ring is 1. The van der Waals surface area contributed by atoms with E-state index in [0.29, 0.717) is 11.3 Å². The van der Waals surface area contributed by atoms with E-state index in [1.54, 1.807) is 11.4 Å². The van der Waals surface area contributed by atoms with Crippen LogP contribution in [0.3, 0.4) is 0 Å². The second-order valence-corrected chi connectivity index (χ2v) is 4.62. The second-order valence-electron chi connectivity index (χ2n) is 3.51. The zero-order valence-corrected chi connectivity index (χ0v) is 9.48. The van der Waals surface area contributed by atoms with Gasteiger partial charge in [0.15, 0.2) is 5.78 Å². The Morgan fingerprint density at radius 1 is 1.38 bits per heavy atom. The summed E-state index contributed by atoms with van der Waals surface area (Å²) in [6.07, 6.45) is 0. The monoisotopic (exact) mass is 235 g/mol. The number of hydrogen-bond donors (Lipinski definition) is 1. The van der Waals surface area contributed by atoms with E-state index in [0.717, 1.165) is 4.88 Å². The maximum absolute atomic E-state index is 13.0. The van der Waals surface area contributed by atoms with E-state index >= 15 is 0 Å². The number of rotatable bonds is 2. The summed E-state index contributed by atoms with van der Waals surface area (Å²) in [5.41, 5.74) is 6.73. The van der Waals surface area contributed by atoms with Crippen LogP contribution in [0.5, 0.6) is 0 Å². The van der Waals surface area contributed by atoms with E-state index in [1.807, 2.05) is 6.92 Å². The SMILES string of the molecule is Cc1cc(C(=O)c2cc(F)ccc2N)cs1. The van der Waals surface area contributed by atoms with Crippen LogP contribution < -0.4 is 5.73 Å². The quantitative estimate of drug-likeness (QED) is 0.642. The van der Waals surface area contributed by atoms with Gasteiger partial charge in [-0.2, -0.15) is 0 Å². The molecule has 0 radical (unpaired) electrons. The highest BCUT2D eigenvalue weighted by Crippen LogP contribution is 2.21. The van der Waals surface area contributed by atoms with Gasteiger partial charge >= 0.3 is 0 Å². The van der Waals surface area contributed by atoms with Gasteiger partial charge in [-0.15, -0.1) is 11.3 Å². The van der Waals surface area contributed by atoms with Crippen molar-refractivity contribution in [3.8, 4) is 0 Å². The van der Waals surface area contributed by atoms with Gasteiger partial charge in [-0.25, -0.2) is 4.39 Å². The number of anilines is 1. The highest BCUT2D eigenvalue weighted by molar-refractivity contribution is 7.10. The molecule has 2 rings (SSSR count). The van der Waals surface area contributed by atoms with Gasteiger partial charge in [-0.3, -0.25) is 4.79 Å². The lowest BCUT2D eigenvalue weighted by molar-refractivity contribution is 0.103. The molecule has 0 amide bonds. The van der Waals surface area contributed by atoms with Crippen molar-refractivity contribution in [3.05, 3.63) is 51.5 Å². The highest BCUT2D eigenvalue weighted by atomic mass is 32.1. The number of thiophene rings is 1. The molecule has 1 aromatic heterocycles. The Morgan fingerprint density at radius 3 is 2.75 bits per heavy atom. The van der Waals surface area contributed by atoms with E-state index in [9.17, 15) is 9.18 Å². The van der Waals surface area contributed by atoms with Crippen LogP contribution in [0.25, 0.3) is 0 Å². The number of halogens is 1. The molecule has 2 N–H and O–H groups in total. The molecule has 0 atom stereocenters. The van der Waals surface area contributed by atoms with Crippen molar-refractivity contribution in [2.45, 2.75) is 6.92 Å². The number of aryl methyl sites for hydroxylation is 1. The predicted molar refractivity (Wildman–Crippen MR) is 63.3 cm³/mol. The van der Waals surface area contributed by atoms with Crippen molar-refractivity contribution >= 4 is 22.8 Å². The molecule has 4 heteroatoms. The highest BCUT2D eigenvalue weighted by Gasteiger charge is 2.14. The van der Waals surface area contributed by atoms with Crippen LogP contribution in [0, 0.1) is 12.7 Å². The normalized spacial score (nSPS) is 10.4. The van der Waals surface area contributed by atoms with E-state index in [-0.39, 0.29) is 11.3 Å². The average molecular weight is 235 g/mol. The molecule has 0 aliphatic carbocycles. The Labute approximate surface area is 96.5 Å². The number of ketones is 1. The van der Waals surface area contributed by atoms with Gasteiger partial charge < -0.3 is 5.73 Å². The lowest BCUT2D eigenvalue weighted by atomic mass is 10.0. The molecule has 82 valence electrons. The molecule has 0 aliphatic rings. The second kappa shape index (κ2) is 4.06. The van der Waals surface area contributed by atoms with Crippen molar-refractivity contribution in [1.29, 1.82) is 0 Å². The Morgan fingerprint density at radius 2 is 2.12 bits per heavy atom. The molecule has 0 fully saturated rings. The Kier molecular flexibility index (Phi) is 2.75. The van der Waals surface area contributed by atoms with Crippen LogP contribution in [-0.2, 0) is 0 Å². The first kappa shape index (κ1) is 10.8. The van der Waals surface area contributed by atoms with Crippen LogP contribution >= 0.6 is 11.3 Å². The van der Waals surface area contributed by atoms with Crippen molar-refractivity contribution in [1.82, 2.24) is 0 Å². The van der Waals surface area contributed by atoms with E-state index < -0.39 is 5.82 Å². The Hall–Kier alpha value is -1.68. The zero-order chi connectivity index (χ0) is 11.7. The minimum atomic E-state index is -0.454. The summed E-state index contributed by atoms with van der Waals surface area (Å²) < 4.78 is 13.0. The third-order valence-electron chi connectivity index (χ3n) is 2.25. The van der Waals surface area contributed by atoms with Gasteiger partial charge in [0.2, 0.25) is 0 Å². The lowest BCUT2D eigenvalue weighted by Gasteiger charge is -2.03. The van der Waals surface area contributed by atoms with Crippen molar-refractivity contribution in [2.75, 3.05) is 5.73 Å². The fourth-order valence-electron chi connectivity index (χ4n) is 1.44. The first-order valence-electron chi connectivity index (χ1n) is 4.73. The molecule has 0 saturated carbocycles. The van der Waals surface area contributed by atoms with Crippen LogP contribution in [0.2, 0.25) is 0 Å². The van der Waals surface area contributed by atoms with E-state index in [4.69, 9.17) is 5.73 Å². The van der Waals surface area contributed by atoms with Crippen molar-refractivity contribution < 1.29 is 9.18 Å². The largest absolute Gasteiger partial charge is 0.398 e. The fourth-order valence-corrected chi connectivity index (χ4v) is 2.13. The summed E-state index contributed by atoms with van der Waals surface area (Å²) >= 11 is 1.48. The Bertz CT molecular complexity index is 548. The average Bonchev–Trinajstić information content (AvgIpc) is 2.67. The molecular weight excluding hydrogens is 225 g/mol. The van der Waals surface area contributed by atoms with Crippen LogP contribution in [0.4, 0.5) is 10.1 Å². The van der Waals surface area contributed by atoms with Crippen LogP contribution in [0.1, 0.15) is 20.8 Å². The first-order valence-corrected chi connectivity index (χ1v) is 5.61. The molecule has 0 unspecified atom stereocenters. The molecule has 16 heavy (non-hydrogen) atoms. The van der Waals surface area contributed by atoms with Gasteiger partial charge in [-0.05, 0) is 31.2 Å². The van der Waals surface area contributed by atoms with Crippen molar-refractivity contribution in [2.24, 2.45) is 0 Å². The van der Waals surface area contributed by atoms with Gasteiger partial charge in [0.25, 0.3) is 0 Å². The van der Waals surface area contributed by atoms with Crippen LogP contribution in [-0.4, -0.2) is 5.78 Å². The third kappa shape index (κ3) is 1.97. The first-order chi connectivity index (χ1) is 7.58. The lowest BCUT2D eigenvalue weighted by Crippen LogP contribution is -2.04. The molecule has 1 heterocycles. The smallest absolute Gasteiger partial charge is 0.196 e. The summed E-state index contributed by atoms with van der Waals surface area (Å²) in [5, 5.41) is 1.75. The zero-order valence-electron chi connectivity index (χ0n) is 8.66. The topological polar surface area (TPSA) is 43.1 Å². The molecule has 0 bridgehead atoms. The van der Waals surface area contributed by atoms with Gasteiger partial charge in [0, 0.05) is 27.1 Å². The molecule has 1 aromatic carbocycles. The minimum absolute atomic E-state index is 0.220. The number of benzene rings is 1. The summed E-state index contributed by atoms with van der Waals surface area (Å²) in [5.74, 6) is -0.689. The van der Waals surface area contributed by atoms with Crippen LogP contribution in [0.15, 0.2) is 29.6 Å². The molecule has 0 saturated heterocycles. The number of nitrogens with two attached hydrogens (primary N) is 1. The summed E-state index contributed by atoms with van der Waals surface area (Å²) in [6.45, 7) is 1.91. The fraction of sp³-hybridized carbons (Fsp3) is 0.0833. The molecule has 0 spiro atoms. The Balaban J connectivity index is 2.45. The van der Waals surface area contributed by atoms with Gasteiger partial charge in [-0.1, -0.05) is 0 Å². The number of carbonyl (C=O) groups is 1. The summed E-state index contributed by atoms with van der Waals surface area (Å²) in [7, 11) is 0. The third-order valence-corrected chi connectivity index (χ3v) is 3.11. The van der Waals surface area contributed by atoms with Crippen molar-refractivity contribution in [3.63, 3.8) is 0 Å². The van der Waals surface area contributed by atoms with Gasteiger partial charge in [0.1, 0.15) is 5.82 Å². The van der Waals surface area contributed by atoms with E-state index in [1.165, 1.54) is 29.5 Å². The van der Waals surface area contributed by atoms with Gasteiger partial charge in [0.05, 0.1) is 0 Å². The summed E-state index contributed by atoms with van der Waals surface area (Å²) in [6, 6.07) is 5.59. The standard InChI is InChI=1S/C12H10FNOS/c1-7-4-8(6-16-7)12(15)10-5-9(13)2-3-11(10)14/h2-6H,14H2,1H3. The van der Waals surface area contributed by atoms with E-state index in [2.05, 4.69) is 0 Å². The predicted octanol–water partition coefficient (Wildman–Crippen LogP) is 3.01. The number of hydrogen-bond acceptors (Lipinski definition) is 3. The molecule has 0 aliphatic heterocycles. The maximum atomic E-state index is 13.0. The molecule has 2 aromatic rings. The summed E-state index contributed by atoms with van der Waals surface area (Å²) in [4.78, 5) is 13.0.